The van der Waals surface area contributed by atoms with Crippen molar-refractivity contribution in [2.75, 3.05) is 5.75 Å². The van der Waals surface area contributed by atoms with E-state index in [0.717, 1.165) is 29.5 Å². The molecule has 2 N–H and O–H groups in total. The summed E-state index contributed by atoms with van der Waals surface area (Å²) in [5.74, 6) is -1.85. The van der Waals surface area contributed by atoms with E-state index in [0.29, 0.717) is 12.8 Å². The molecule has 2 aromatic carbocycles. The van der Waals surface area contributed by atoms with Crippen LogP contribution in [0.1, 0.15) is 31.2 Å². The van der Waals surface area contributed by atoms with Crippen LogP contribution in [-0.2, 0) is 20.8 Å². The Balaban J connectivity index is 1.73. The molecule has 3 rings (SSSR count). The van der Waals surface area contributed by atoms with E-state index in [1.54, 1.807) is 0 Å². The van der Waals surface area contributed by atoms with Crippen LogP contribution in [0.15, 0.2) is 54.6 Å². The third kappa shape index (κ3) is 4.70. The first kappa shape index (κ1) is 21.1. The van der Waals surface area contributed by atoms with Crippen molar-refractivity contribution in [3.8, 4) is 11.1 Å². The predicted octanol–water partition coefficient (Wildman–Crippen LogP) is 3.52. The molecule has 1 fully saturated rings. The summed E-state index contributed by atoms with van der Waals surface area (Å²) < 4.78 is 0. The van der Waals surface area contributed by atoms with Gasteiger partial charge in [-0.15, -0.1) is 0 Å². The van der Waals surface area contributed by atoms with E-state index in [1.807, 2.05) is 54.6 Å². The van der Waals surface area contributed by atoms with Crippen LogP contribution in [0.2, 0.25) is 0 Å². The van der Waals surface area contributed by atoms with Crippen molar-refractivity contribution < 1.29 is 19.5 Å². The number of thiol groups is 1. The number of aliphatic carboxylic acids is 1. The second-order valence-electron chi connectivity index (χ2n) is 7.50. The number of ketones is 1. The van der Waals surface area contributed by atoms with Gasteiger partial charge in [0.15, 0.2) is 5.78 Å². The average Bonchev–Trinajstić information content (AvgIpc) is 3.25. The zero-order chi connectivity index (χ0) is 20.9. The highest BCUT2D eigenvalue weighted by Crippen LogP contribution is 2.39. The van der Waals surface area contributed by atoms with Gasteiger partial charge in [0.05, 0.1) is 5.75 Å². The molecule has 0 aliphatic heterocycles. The van der Waals surface area contributed by atoms with Gasteiger partial charge in [-0.3, -0.25) is 9.59 Å². The van der Waals surface area contributed by atoms with Gasteiger partial charge in [-0.1, -0.05) is 67.4 Å². The molecule has 0 aromatic heterocycles. The Labute approximate surface area is 175 Å². The summed E-state index contributed by atoms with van der Waals surface area (Å²) >= 11 is 4.04. The van der Waals surface area contributed by atoms with Gasteiger partial charge < -0.3 is 10.4 Å². The van der Waals surface area contributed by atoms with Gasteiger partial charge in [0.25, 0.3) is 0 Å². The molecule has 6 heteroatoms. The van der Waals surface area contributed by atoms with E-state index < -0.39 is 23.3 Å². The number of carbonyl (C=O) groups excluding carboxylic acids is 2. The van der Waals surface area contributed by atoms with E-state index in [-0.39, 0.29) is 18.0 Å². The third-order valence-corrected chi connectivity index (χ3v) is 5.96. The molecule has 0 saturated heterocycles. The van der Waals surface area contributed by atoms with Crippen LogP contribution in [0.5, 0.6) is 0 Å². The van der Waals surface area contributed by atoms with Crippen molar-refractivity contribution in [2.45, 2.75) is 38.1 Å². The molecular weight excluding hydrogens is 386 g/mol. The summed E-state index contributed by atoms with van der Waals surface area (Å²) in [4.78, 5) is 37.0. The summed E-state index contributed by atoms with van der Waals surface area (Å²) in [5, 5.41) is 12.2. The van der Waals surface area contributed by atoms with E-state index in [1.165, 1.54) is 0 Å². The van der Waals surface area contributed by atoms with Crippen molar-refractivity contribution in [2.24, 2.45) is 5.41 Å². The smallest absolute Gasteiger partial charge is 0.326 e. The predicted molar refractivity (Wildman–Crippen MR) is 115 cm³/mol. The number of amides is 1. The maximum atomic E-state index is 12.9. The average molecular weight is 412 g/mol. The van der Waals surface area contributed by atoms with E-state index in [4.69, 9.17) is 0 Å². The number of Topliss-reactive ketones (excluding diaryl/α,β-unsaturated/α-hetero) is 1. The van der Waals surface area contributed by atoms with Crippen LogP contribution in [0.4, 0.5) is 0 Å². The van der Waals surface area contributed by atoms with Gasteiger partial charge >= 0.3 is 5.97 Å². The van der Waals surface area contributed by atoms with Crippen molar-refractivity contribution in [1.29, 1.82) is 0 Å². The SMILES string of the molecule is O=C(O)[C@H](Cc1ccc(-c2ccccc2)cc1)NC(=O)C1(C(=O)CS)CCCC1. The molecule has 5 nitrogen and oxygen atoms in total. The van der Waals surface area contributed by atoms with E-state index in [2.05, 4.69) is 17.9 Å². The van der Waals surface area contributed by atoms with Crippen LogP contribution in [-0.4, -0.2) is 34.6 Å². The molecule has 0 unspecified atom stereocenters. The Kier molecular flexibility index (Phi) is 6.75. The molecule has 1 amide bonds. The summed E-state index contributed by atoms with van der Waals surface area (Å²) in [7, 11) is 0. The van der Waals surface area contributed by atoms with Gasteiger partial charge in [0.1, 0.15) is 11.5 Å². The van der Waals surface area contributed by atoms with Gasteiger partial charge in [-0.25, -0.2) is 4.79 Å². The number of nitrogens with one attached hydrogen (secondary N) is 1. The molecule has 2 aromatic rings. The normalized spacial score (nSPS) is 16.2. The van der Waals surface area contributed by atoms with Crippen molar-refractivity contribution in [3.05, 3.63) is 60.2 Å². The fourth-order valence-electron chi connectivity index (χ4n) is 3.96. The Morgan fingerprint density at radius 3 is 2.10 bits per heavy atom. The first-order valence-electron chi connectivity index (χ1n) is 9.78. The highest BCUT2D eigenvalue weighted by Gasteiger charge is 2.47. The zero-order valence-corrected chi connectivity index (χ0v) is 17.0. The molecule has 1 aliphatic carbocycles. The lowest BCUT2D eigenvalue weighted by molar-refractivity contribution is -0.147. The topological polar surface area (TPSA) is 83.5 Å². The van der Waals surface area contributed by atoms with Gasteiger partial charge in [-0.05, 0) is 29.5 Å². The summed E-state index contributed by atoms with van der Waals surface area (Å²) in [5.41, 5.74) is 1.79. The fraction of sp³-hybridized carbons (Fsp3) is 0.348. The quantitative estimate of drug-likeness (QED) is 0.458. The molecule has 1 atom stereocenters. The van der Waals surface area contributed by atoms with Crippen molar-refractivity contribution in [3.63, 3.8) is 0 Å². The second kappa shape index (κ2) is 9.27. The number of hydrogen-bond donors (Lipinski definition) is 3. The standard InChI is InChI=1S/C23H25NO4S/c25-20(15-29)23(12-4-5-13-23)22(28)24-19(21(26)27)14-16-8-10-18(11-9-16)17-6-2-1-3-7-17/h1-3,6-11,19,29H,4-5,12-15H2,(H,24,28)(H,26,27)/t19-/m0/s1. The molecular formula is C23H25NO4S. The van der Waals surface area contributed by atoms with Crippen LogP contribution < -0.4 is 5.32 Å². The maximum absolute atomic E-state index is 12.9. The number of carbonyl (C=O) groups is 3. The highest BCUT2D eigenvalue weighted by atomic mass is 32.1. The molecule has 29 heavy (non-hydrogen) atoms. The van der Waals surface area contributed by atoms with E-state index in [9.17, 15) is 19.5 Å². The summed E-state index contributed by atoms with van der Waals surface area (Å²) in [6, 6.07) is 16.4. The first-order valence-corrected chi connectivity index (χ1v) is 10.4. The van der Waals surface area contributed by atoms with Crippen LogP contribution in [0.3, 0.4) is 0 Å². The zero-order valence-electron chi connectivity index (χ0n) is 16.1. The molecule has 0 radical (unpaired) electrons. The Bertz CT molecular complexity index is 874. The third-order valence-electron chi connectivity index (χ3n) is 5.67. The van der Waals surface area contributed by atoms with Crippen LogP contribution in [0.25, 0.3) is 11.1 Å². The molecule has 0 spiro atoms. The maximum Gasteiger partial charge on any atom is 0.326 e. The van der Waals surface area contributed by atoms with Gasteiger partial charge in [0, 0.05) is 6.42 Å². The highest BCUT2D eigenvalue weighted by molar-refractivity contribution is 7.81. The Morgan fingerprint density at radius 1 is 0.966 bits per heavy atom. The lowest BCUT2D eigenvalue weighted by Crippen LogP contribution is -2.51. The Hall–Kier alpha value is -2.60. The monoisotopic (exact) mass is 411 g/mol. The van der Waals surface area contributed by atoms with Gasteiger partial charge in [-0.2, -0.15) is 12.6 Å². The van der Waals surface area contributed by atoms with Crippen LogP contribution >= 0.6 is 12.6 Å². The van der Waals surface area contributed by atoms with E-state index >= 15 is 0 Å². The minimum Gasteiger partial charge on any atom is -0.480 e. The number of hydrogen-bond acceptors (Lipinski definition) is 4. The molecule has 152 valence electrons. The fourth-order valence-corrected chi connectivity index (χ4v) is 4.26. The Morgan fingerprint density at radius 2 is 1.55 bits per heavy atom. The largest absolute Gasteiger partial charge is 0.480 e. The summed E-state index contributed by atoms with van der Waals surface area (Å²) in [6.45, 7) is 0. The number of rotatable bonds is 8. The number of benzene rings is 2. The minimum absolute atomic E-state index is 0.0217. The van der Waals surface area contributed by atoms with Gasteiger partial charge in [0.2, 0.25) is 5.91 Å². The summed E-state index contributed by atoms with van der Waals surface area (Å²) in [6.07, 6.45) is 2.63. The number of carboxylic acid groups (broad SMARTS) is 1. The second-order valence-corrected chi connectivity index (χ2v) is 7.82. The van der Waals surface area contributed by atoms with Crippen molar-refractivity contribution in [1.82, 2.24) is 5.32 Å². The number of carboxylic acids is 1. The van der Waals surface area contributed by atoms with Crippen molar-refractivity contribution >= 4 is 30.3 Å². The lowest BCUT2D eigenvalue weighted by Gasteiger charge is -2.27. The molecule has 1 aliphatic rings. The minimum atomic E-state index is -1.13. The lowest BCUT2D eigenvalue weighted by atomic mass is 9.81. The molecule has 0 bridgehead atoms. The molecule has 0 heterocycles. The molecule has 1 saturated carbocycles. The van der Waals surface area contributed by atoms with Crippen LogP contribution in [0, 0.1) is 5.41 Å². The first-order chi connectivity index (χ1) is 14.0.